The van der Waals surface area contributed by atoms with Crippen LogP contribution in [0.25, 0.3) is 11.1 Å². The number of carbonyl (C=O) groups is 2. The van der Waals surface area contributed by atoms with Crippen molar-refractivity contribution in [3.05, 3.63) is 22.5 Å². The molecule has 2 N–H and O–H groups in total. The maximum absolute atomic E-state index is 12.4. The second kappa shape index (κ2) is 7.35. The number of cyclic esters (lactones) is 1. The Morgan fingerprint density at radius 2 is 1.88 bits per heavy atom. The minimum absolute atomic E-state index is 0.0346. The Labute approximate surface area is 191 Å². The molecule has 2 aromatic rings. The van der Waals surface area contributed by atoms with E-state index in [1.807, 2.05) is 0 Å². The molecule has 0 bridgehead atoms. The van der Waals surface area contributed by atoms with Crippen LogP contribution in [0.4, 0.5) is 10.5 Å². The van der Waals surface area contributed by atoms with E-state index in [9.17, 15) is 9.59 Å². The van der Waals surface area contributed by atoms with Crippen LogP contribution in [0, 0.1) is 5.41 Å². The highest BCUT2D eigenvalue weighted by molar-refractivity contribution is 6.35. The van der Waals surface area contributed by atoms with Crippen LogP contribution in [0.5, 0.6) is 0 Å². The zero-order chi connectivity index (χ0) is 21.9. The molecule has 9 heteroatoms. The maximum atomic E-state index is 12.4. The summed E-state index contributed by atoms with van der Waals surface area (Å²) < 4.78 is 11.6. The van der Waals surface area contributed by atoms with Gasteiger partial charge in [0.25, 0.3) is 0 Å². The van der Waals surface area contributed by atoms with Crippen LogP contribution >= 0.6 is 11.6 Å². The fourth-order valence-electron chi connectivity index (χ4n) is 6.06. The number of nitrogens with one attached hydrogen (secondary N) is 2. The predicted molar refractivity (Wildman–Crippen MR) is 118 cm³/mol. The number of anilines is 1. The Morgan fingerprint density at radius 1 is 1.09 bits per heavy atom. The summed E-state index contributed by atoms with van der Waals surface area (Å²) in [6.07, 6.45) is 7.44. The summed E-state index contributed by atoms with van der Waals surface area (Å²) in [6.45, 7) is 2.75. The zero-order valence-electron chi connectivity index (χ0n) is 18.0. The molecule has 1 aromatic carbocycles. The number of hydrogen-bond acceptors (Lipinski definition) is 6. The number of carbonyl (C=O) groups excluding carboxylic acids is 2. The Kier molecular flexibility index (Phi) is 4.66. The van der Waals surface area contributed by atoms with Crippen LogP contribution in [-0.2, 0) is 21.6 Å². The summed E-state index contributed by atoms with van der Waals surface area (Å²) in [4.78, 5) is 31.6. The molecule has 0 unspecified atom stereocenters. The van der Waals surface area contributed by atoms with E-state index in [4.69, 9.17) is 25.7 Å². The minimum Gasteiger partial charge on any atom is -0.465 e. The summed E-state index contributed by atoms with van der Waals surface area (Å²) in [7, 11) is 0. The van der Waals surface area contributed by atoms with Crippen molar-refractivity contribution >= 4 is 40.4 Å². The molecule has 8 nitrogen and oxygen atoms in total. The zero-order valence-corrected chi connectivity index (χ0v) is 18.7. The van der Waals surface area contributed by atoms with Crippen LogP contribution < -0.4 is 10.6 Å². The van der Waals surface area contributed by atoms with Gasteiger partial charge in [-0.05, 0) is 51.3 Å². The molecule has 170 valence electrons. The van der Waals surface area contributed by atoms with Crippen LogP contribution in [0.3, 0.4) is 0 Å². The Morgan fingerprint density at radius 3 is 2.59 bits per heavy atom. The van der Waals surface area contributed by atoms with E-state index in [0.717, 1.165) is 75.5 Å². The van der Waals surface area contributed by atoms with E-state index in [-0.39, 0.29) is 17.4 Å². The summed E-state index contributed by atoms with van der Waals surface area (Å²) in [6, 6.07) is 1.57. The van der Waals surface area contributed by atoms with E-state index in [2.05, 4.69) is 15.5 Å². The van der Waals surface area contributed by atoms with Gasteiger partial charge in [0.1, 0.15) is 5.52 Å². The molecule has 2 saturated heterocycles. The van der Waals surface area contributed by atoms with Gasteiger partial charge in [0, 0.05) is 5.56 Å². The summed E-state index contributed by atoms with van der Waals surface area (Å²) >= 11 is 6.59. The normalized spacial score (nSPS) is 24.4. The van der Waals surface area contributed by atoms with Gasteiger partial charge >= 0.3 is 12.0 Å². The number of ether oxygens (including phenoxy) is 1. The lowest BCUT2D eigenvalue weighted by atomic mass is 9.74. The van der Waals surface area contributed by atoms with E-state index in [1.54, 1.807) is 6.07 Å². The van der Waals surface area contributed by atoms with Gasteiger partial charge in [-0.15, -0.1) is 0 Å². The van der Waals surface area contributed by atoms with Crippen molar-refractivity contribution in [3.8, 4) is 0 Å². The standard InChI is InChI=1S/C23H27ClN4O4/c24-14-12-15-19(17-18(14)26-21(30)27-23(17)4-2-1-3-5-23)32-16(25-15)13-28-9-6-22(7-10-28)8-11-31-20(22)29/h12H,1-11,13H2,(H2,26,27,30). The van der Waals surface area contributed by atoms with Crippen molar-refractivity contribution in [2.24, 2.45) is 5.41 Å². The smallest absolute Gasteiger partial charge is 0.319 e. The SMILES string of the molecule is O=C1Nc2c(Cl)cc3nc(CN4CCC5(CCOC5=O)CC4)oc3c2C2(CCCCC2)N1. The molecule has 1 saturated carbocycles. The molecule has 0 radical (unpaired) electrons. The second-order valence-electron chi connectivity index (χ2n) is 9.73. The number of benzene rings is 1. The third-order valence-corrected chi connectivity index (χ3v) is 8.17. The van der Waals surface area contributed by atoms with E-state index in [1.165, 1.54) is 0 Å². The van der Waals surface area contributed by atoms with E-state index < -0.39 is 5.54 Å². The third kappa shape index (κ3) is 3.10. The van der Waals surface area contributed by atoms with Gasteiger partial charge in [-0.3, -0.25) is 9.69 Å². The molecule has 4 heterocycles. The van der Waals surface area contributed by atoms with Crippen molar-refractivity contribution in [1.29, 1.82) is 0 Å². The molecular weight excluding hydrogens is 432 g/mol. The lowest BCUT2D eigenvalue weighted by Crippen LogP contribution is -2.52. The third-order valence-electron chi connectivity index (χ3n) is 7.87. The first-order valence-corrected chi connectivity index (χ1v) is 12.0. The van der Waals surface area contributed by atoms with Crippen LogP contribution in [0.15, 0.2) is 10.5 Å². The second-order valence-corrected chi connectivity index (χ2v) is 10.1. The number of amides is 2. The number of esters is 1. The number of rotatable bonds is 2. The van der Waals surface area contributed by atoms with Crippen LogP contribution in [0.1, 0.15) is 62.8 Å². The number of aromatic nitrogens is 1. The first kappa shape index (κ1) is 20.3. The first-order valence-electron chi connectivity index (χ1n) is 11.6. The molecule has 2 amide bonds. The van der Waals surface area contributed by atoms with Crippen molar-refractivity contribution in [1.82, 2.24) is 15.2 Å². The number of halogens is 1. The van der Waals surface area contributed by atoms with Crippen molar-refractivity contribution in [2.75, 3.05) is 25.0 Å². The molecular formula is C23H27ClN4O4. The van der Waals surface area contributed by atoms with Gasteiger partial charge in [0.2, 0.25) is 5.89 Å². The number of likely N-dealkylation sites (tertiary alicyclic amines) is 1. The topological polar surface area (TPSA) is 96.7 Å². The van der Waals surface area contributed by atoms with Crippen LogP contribution in [-0.4, -0.2) is 41.6 Å². The van der Waals surface area contributed by atoms with Gasteiger partial charge in [-0.25, -0.2) is 9.78 Å². The maximum Gasteiger partial charge on any atom is 0.319 e. The number of urea groups is 1. The molecule has 32 heavy (non-hydrogen) atoms. The lowest BCUT2D eigenvalue weighted by molar-refractivity contribution is -0.148. The summed E-state index contributed by atoms with van der Waals surface area (Å²) in [5, 5.41) is 6.56. The molecule has 3 aliphatic heterocycles. The molecule has 1 aromatic heterocycles. The fraction of sp³-hybridized carbons (Fsp3) is 0.609. The minimum atomic E-state index is -0.462. The van der Waals surface area contributed by atoms with Gasteiger partial charge in [-0.1, -0.05) is 30.9 Å². The van der Waals surface area contributed by atoms with Crippen molar-refractivity contribution in [2.45, 2.75) is 63.5 Å². The lowest BCUT2D eigenvalue weighted by Gasteiger charge is -2.42. The first-order chi connectivity index (χ1) is 15.5. The molecule has 0 atom stereocenters. The highest BCUT2D eigenvalue weighted by Gasteiger charge is 2.47. The predicted octanol–water partition coefficient (Wildman–Crippen LogP) is 4.30. The highest BCUT2D eigenvalue weighted by atomic mass is 35.5. The quantitative estimate of drug-likeness (QED) is 0.651. The van der Waals surface area contributed by atoms with Gasteiger partial charge < -0.3 is 19.8 Å². The molecule has 3 fully saturated rings. The summed E-state index contributed by atoms with van der Waals surface area (Å²) in [5.41, 5.74) is 2.26. The molecule has 4 aliphatic rings. The molecule has 2 spiro atoms. The average molecular weight is 459 g/mol. The Bertz CT molecular complexity index is 1100. The Balaban J connectivity index is 1.31. The Hall–Kier alpha value is -2.32. The monoisotopic (exact) mass is 458 g/mol. The number of fused-ring (bicyclic) bond motifs is 4. The van der Waals surface area contributed by atoms with Gasteiger partial charge in [0.05, 0.1) is 34.8 Å². The van der Waals surface area contributed by atoms with Gasteiger partial charge in [0.15, 0.2) is 5.58 Å². The average Bonchev–Trinajstić information content (AvgIpc) is 3.33. The number of nitrogens with zero attached hydrogens (tertiary/aromatic N) is 2. The number of piperidine rings is 1. The van der Waals surface area contributed by atoms with Gasteiger partial charge in [-0.2, -0.15) is 0 Å². The van der Waals surface area contributed by atoms with Crippen LogP contribution in [0.2, 0.25) is 5.02 Å². The molecule has 1 aliphatic carbocycles. The highest BCUT2D eigenvalue weighted by Crippen LogP contribution is 2.48. The van der Waals surface area contributed by atoms with Crippen molar-refractivity contribution < 1.29 is 18.7 Å². The van der Waals surface area contributed by atoms with Crippen molar-refractivity contribution in [3.63, 3.8) is 0 Å². The number of hydrogen-bond donors (Lipinski definition) is 2. The molecule has 6 rings (SSSR count). The largest absolute Gasteiger partial charge is 0.465 e. The van der Waals surface area contributed by atoms with E-state index in [0.29, 0.717) is 35.3 Å². The number of oxazole rings is 1. The fourth-order valence-corrected chi connectivity index (χ4v) is 6.31. The summed E-state index contributed by atoms with van der Waals surface area (Å²) in [5.74, 6) is 0.602. The van der Waals surface area contributed by atoms with E-state index >= 15 is 0 Å².